The second kappa shape index (κ2) is 6.41. The number of nitrogens with zero attached hydrogens (tertiary/aromatic N) is 1. The van der Waals surface area contributed by atoms with Crippen LogP contribution in [0.15, 0.2) is 62.4 Å². The summed E-state index contributed by atoms with van der Waals surface area (Å²) in [5, 5.41) is 0. The lowest BCUT2D eigenvalue weighted by Crippen LogP contribution is -2.12. The van der Waals surface area contributed by atoms with Crippen molar-refractivity contribution in [2.24, 2.45) is 0 Å². The lowest BCUT2D eigenvalue weighted by atomic mass is 10.2. The van der Waals surface area contributed by atoms with E-state index < -0.39 is 10.0 Å². The molecule has 3 rings (SSSR count). The van der Waals surface area contributed by atoms with Gasteiger partial charge in [-0.2, -0.15) is 0 Å². The SMILES string of the molecule is Cc1ncc(-c2ccc(S(=O)(=O)Nc3ccc(Br)c(C)c3)cc2)o1. The van der Waals surface area contributed by atoms with Crippen molar-refractivity contribution < 1.29 is 12.8 Å². The maximum atomic E-state index is 12.5. The molecule has 0 atom stereocenters. The van der Waals surface area contributed by atoms with Crippen LogP contribution in [0.1, 0.15) is 11.5 Å². The minimum atomic E-state index is -3.65. The number of hydrogen-bond donors (Lipinski definition) is 1. The summed E-state index contributed by atoms with van der Waals surface area (Å²) >= 11 is 3.39. The molecule has 5 nitrogen and oxygen atoms in total. The number of rotatable bonds is 4. The first kappa shape index (κ1) is 16.7. The Labute approximate surface area is 148 Å². The van der Waals surface area contributed by atoms with Crippen LogP contribution >= 0.6 is 15.9 Å². The van der Waals surface area contributed by atoms with E-state index in [-0.39, 0.29) is 4.90 Å². The first-order valence-electron chi connectivity index (χ1n) is 7.17. The molecule has 24 heavy (non-hydrogen) atoms. The Kier molecular flexibility index (Phi) is 4.47. The fourth-order valence-electron chi connectivity index (χ4n) is 2.22. The molecular weight excluding hydrogens is 392 g/mol. The van der Waals surface area contributed by atoms with Crippen LogP contribution in [0.2, 0.25) is 0 Å². The maximum absolute atomic E-state index is 12.5. The summed E-state index contributed by atoms with van der Waals surface area (Å²) in [6.45, 7) is 3.66. The molecule has 0 radical (unpaired) electrons. The number of oxazole rings is 1. The van der Waals surface area contributed by atoms with Gasteiger partial charge in [0.2, 0.25) is 0 Å². The number of sulfonamides is 1. The van der Waals surface area contributed by atoms with E-state index in [0.717, 1.165) is 15.6 Å². The molecule has 124 valence electrons. The van der Waals surface area contributed by atoms with Gasteiger partial charge in [0.1, 0.15) is 0 Å². The fourth-order valence-corrected chi connectivity index (χ4v) is 3.51. The zero-order valence-electron chi connectivity index (χ0n) is 13.1. The van der Waals surface area contributed by atoms with Gasteiger partial charge in [-0.15, -0.1) is 0 Å². The molecule has 2 aromatic carbocycles. The van der Waals surface area contributed by atoms with E-state index in [9.17, 15) is 8.42 Å². The molecule has 1 N–H and O–H groups in total. The summed E-state index contributed by atoms with van der Waals surface area (Å²) in [6.07, 6.45) is 1.61. The largest absolute Gasteiger partial charge is 0.441 e. The van der Waals surface area contributed by atoms with Crippen LogP contribution in [0.5, 0.6) is 0 Å². The topological polar surface area (TPSA) is 72.2 Å². The van der Waals surface area contributed by atoms with Crippen LogP contribution in [0.4, 0.5) is 5.69 Å². The highest BCUT2D eigenvalue weighted by atomic mass is 79.9. The van der Waals surface area contributed by atoms with E-state index >= 15 is 0 Å². The highest BCUT2D eigenvalue weighted by Crippen LogP contribution is 2.25. The Hall–Kier alpha value is -2.12. The number of nitrogens with one attached hydrogen (secondary N) is 1. The second-order valence-electron chi connectivity index (χ2n) is 5.34. The Morgan fingerprint density at radius 2 is 1.79 bits per heavy atom. The Morgan fingerprint density at radius 3 is 2.38 bits per heavy atom. The van der Waals surface area contributed by atoms with Gasteiger partial charge in [0, 0.05) is 22.6 Å². The van der Waals surface area contributed by atoms with Gasteiger partial charge < -0.3 is 4.42 Å². The molecule has 0 bridgehead atoms. The van der Waals surface area contributed by atoms with E-state index in [1.807, 2.05) is 13.0 Å². The smallest absolute Gasteiger partial charge is 0.261 e. The predicted octanol–water partition coefficient (Wildman–Crippen LogP) is 4.52. The number of hydrogen-bond acceptors (Lipinski definition) is 4. The summed E-state index contributed by atoms with van der Waals surface area (Å²) in [6, 6.07) is 11.8. The highest BCUT2D eigenvalue weighted by molar-refractivity contribution is 9.10. The number of aryl methyl sites for hydroxylation is 2. The standard InChI is InChI=1S/C17H15BrN2O3S/c1-11-9-14(5-8-16(11)18)20-24(21,22)15-6-3-13(4-7-15)17-10-19-12(2)23-17/h3-10,20H,1-2H3. The molecule has 0 fully saturated rings. The fraction of sp³-hybridized carbons (Fsp3) is 0.118. The predicted molar refractivity (Wildman–Crippen MR) is 96.4 cm³/mol. The normalized spacial score (nSPS) is 11.5. The van der Waals surface area contributed by atoms with E-state index in [4.69, 9.17) is 4.42 Å². The van der Waals surface area contributed by atoms with Crippen molar-refractivity contribution in [3.05, 3.63) is 64.6 Å². The van der Waals surface area contributed by atoms with E-state index in [1.54, 1.807) is 49.5 Å². The molecule has 0 saturated heterocycles. The molecule has 0 aliphatic carbocycles. The molecular formula is C17H15BrN2O3S. The Bertz CT molecular complexity index is 979. The summed E-state index contributed by atoms with van der Waals surface area (Å²) in [5.74, 6) is 1.17. The lowest BCUT2D eigenvalue weighted by molar-refractivity contribution is 0.534. The molecule has 0 aliphatic rings. The van der Waals surface area contributed by atoms with Crippen molar-refractivity contribution in [3.63, 3.8) is 0 Å². The molecule has 1 heterocycles. The van der Waals surface area contributed by atoms with Crippen LogP contribution in [-0.2, 0) is 10.0 Å². The van der Waals surface area contributed by atoms with Crippen molar-refractivity contribution in [3.8, 4) is 11.3 Å². The van der Waals surface area contributed by atoms with Gasteiger partial charge in [0.05, 0.1) is 11.1 Å². The average Bonchev–Trinajstić information content (AvgIpc) is 2.97. The summed E-state index contributed by atoms with van der Waals surface area (Å²) in [5.41, 5.74) is 2.24. The van der Waals surface area contributed by atoms with Crippen molar-refractivity contribution >= 4 is 31.6 Å². The minimum Gasteiger partial charge on any atom is -0.441 e. The van der Waals surface area contributed by atoms with E-state index in [0.29, 0.717) is 17.3 Å². The molecule has 7 heteroatoms. The van der Waals surface area contributed by atoms with Crippen molar-refractivity contribution in [2.75, 3.05) is 4.72 Å². The lowest BCUT2D eigenvalue weighted by Gasteiger charge is -2.10. The maximum Gasteiger partial charge on any atom is 0.261 e. The highest BCUT2D eigenvalue weighted by Gasteiger charge is 2.15. The third kappa shape index (κ3) is 3.52. The molecule has 0 unspecified atom stereocenters. The number of benzene rings is 2. The van der Waals surface area contributed by atoms with Crippen molar-refractivity contribution in [2.45, 2.75) is 18.7 Å². The van der Waals surface area contributed by atoms with Gasteiger partial charge in [-0.3, -0.25) is 4.72 Å². The Morgan fingerprint density at radius 1 is 1.08 bits per heavy atom. The second-order valence-corrected chi connectivity index (χ2v) is 7.87. The molecule has 0 amide bonds. The number of aromatic nitrogens is 1. The molecule has 1 aromatic heterocycles. The van der Waals surface area contributed by atoms with Crippen molar-refractivity contribution in [1.82, 2.24) is 4.98 Å². The van der Waals surface area contributed by atoms with Crippen LogP contribution in [0, 0.1) is 13.8 Å². The van der Waals surface area contributed by atoms with Gasteiger partial charge in [-0.05, 0) is 55.0 Å². The third-order valence-corrected chi connectivity index (χ3v) is 5.77. The van der Waals surface area contributed by atoms with Crippen LogP contribution in [-0.4, -0.2) is 13.4 Å². The quantitative estimate of drug-likeness (QED) is 0.690. The van der Waals surface area contributed by atoms with E-state index in [2.05, 4.69) is 25.6 Å². The molecule has 3 aromatic rings. The summed E-state index contributed by atoms with van der Waals surface area (Å²) < 4.78 is 33.9. The zero-order chi connectivity index (χ0) is 17.3. The molecule has 0 spiro atoms. The first-order valence-corrected chi connectivity index (χ1v) is 9.44. The number of anilines is 1. The van der Waals surface area contributed by atoms with Crippen LogP contribution in [0.25, 0.3) is 11.3 Å². The van der Waals surface area contributed by atoms with E-state index in [1.165, 1.54) is 0 Å². The molecule has 0 saturated carbocycles. The number of halogens is 1. The van der Waals surface area contributed by atoms with Gasteiger partial charge in [-0.1, -0.05) is 15.9 Å². The van der Waals surface area contributed by atoms with Crippen LogP contribution < -0.4 is 4.72 Å². The monoisotopic (exact) mass is 406 g/mol. The minimum absolute atomic E-state index is 0.183. The van der Waals surface area contributed by atoms with Gasteiger partial charge >= 0.3 is 0 Å². The third-order valence-electron chi connectivity index (χ3n) is 3.48. The van der Waals surface area contributed by atoms with Gasteiger partial charge in [-0.25, -0.2) is 13.4 Å². The zero-order valence-corrected chi connectivity index (χ0v) is 15.5. The summed E-state index contributed by atoms with van der Waals surface area (Å²) in [4.78, 5) is 4.22. The average molecular weight is 407 g/mol. The summed E-state index contributed by atoms with van der Waals surface area (Å²) in [7, 11) is -3.65. The van der Waals surface area contributed by atoms with Gasteiger partial charge in [0.15, 0.2) is 11.7 Å². The molecule has 0 aliphatic heterocycles. The Balaban J connectivity index is 1.85. The van der Waals surface area contributed by atoms with Crippen LogP contribution in [0.3, 0.4) is 0 Å². The van der Waals surface area contributed by atoms with Crippen molar-refractivity contribution in [1.29, 1.82) is 0 Å². The first-order chi connectivity index (χ1) is 11.3. The van der Waals surface area contributed by atoms with Gasteiger partial charge in [0.25, 0.3) is 10.0 Å².